The Bertz CT molecular complexity index is 356. The second kappa shape index (κ2) is 10.2. The zero-order chi connectivity index (χ0) is 17.2. The molecule has 2 N–H and O–H groups in total. The molecule has 0 aromatic heterocycles. The van der Waals surface area contributed by atoms with Gasteiger partial charge in [0.25, 0.3) is 0 Å². The third kappa shape index (κ3) is 8.14. The first kappa shape index (κ1) is 21.4. The molecular weight excluding hydrogens is 280 g/mol. The Labute approximate surface area is 136 Å². The minimum Gasteiger partial charge on any atom is -0.394 e. The molecule has 0 amide bonds. The topological polar surface area (TPSA) is 58.9 Å². The van der Waals surface area contributed by atoms with Gasteiger partial charge in [-0.1, -0.05) is 39.5 Å². The zero-order valence-corrected chi connectivity index (χ0v) is 15.1. The van der Waals surface area contributed by atoms with Gasteiger partial charge in [0.1, 0.15) is 5.60 Å². The molecule has 22 heavy (non-hydrogen) atoms. The van der Waals surface area contributed by atoms with Crippen LogP contribution in [0.15, 0.2) is 0 Å². The van der Waals surface area contributed by atoms with Crippen molar-refractivity contribution in [2.24, 2.45) is 17.3 Å². The molecule has 4 heteroatoms. The Morgan fingerprint density at radius 1 is 0.955 bits per heavy atom. The molecule has 0 aliphatic heterocycles. The van der Waals surface area contributed by atoms with Crippen LogP contribution in [0.25, 0.3) is 0 Å². The van der Waals surface area contributed by atoms with Crippen LogP contribution >= 0.6 is 0 Å². The van der Waals surface area contributed by atoms with Crippen molar-refractivity contribution in [1.82, 2.24) is 0 Å². The first-order valence-corrected chi connectivity index (χ1v) is 8.17. The predicted molar refractivity (Wildman–Crippen MR) is 89.5 cm³/mol. The molecule has 0 heterocycles. The van der Waals surface area contributed by atoms with E-state index in [2.05, 4.69) is 46.5 Å². The summed E-state index contributed by atoms with van der Waals surface area (Å²) in [4.78, 5) is 0. The van der Waals surface area contributed by atoms with Gasteiger partial charge < -0.3 is 19.7 Å². The van der Waals surface area contributed by atoms with Gasteiger partial charge in [0, 0.05) is 0 Å². The van der Waals surface area contributed by atoms with E-state index in [1.807, 2.05) is 6.92 Å². The van der Waals surface area contributed by atoms with E-state index >= 15 is 0 Å². The maximum atomic E-state index is 9.01. The van der Waals surface area contributed by atoms with Gasteiger partial charge in [0.2, 0.25) is 0 Å². The molecule has 0 aliphatic rings. The zero-order valence-electron chi connectivity index (χ0n) is 15.1. The third-order valence-corrected chi connectivity index (χ3v) is 3.83. The highest BCUT2D eigenvalue weighted by atomic mass is 16.5. The lowest BCUT2D eigenvalue weighted by Gasteiger charge is -2.30. The summed E-state index contributed by atoms with van der Waals surface area (Å²) in [5.74, 6) is 7.40. The lowest BCUT2D eigenvalue weighted by atomic mass is 9.79. The molecule has 0 saturated heterocycles. The first-order valence-electron chi connectivity index (χ1n) is 8.17. The molecule has 4 nitrogen and oxygen atoms in total. The molecule has 0 radical (unpaired) electrons. The molecule has 0 aromatic rings. The average molecular weight is 314 g/mol. The van der Waals surface area contributed by atoms with Gasteiger partial charge in [0.15, 0.2) is 0 Å². The minimum absolute atomic E-state index is 0.00355. The van der Waals surface area contributed by atoms with E-state index in [9.17, 15) is 0 Å². The van der Waals surface area contributed by atoms with Crippen LogP contribution in [0.4, 0.5) is 0 Å². The molecule has 0 aromatic carbocycles. The Balaban J connectivity index is 5.15. The molecule has 0 spiro atoms. The molecule has 2 unspecified atom stereocenters. The molecule has 0 aliphatic carbocycles. The molecule has 130 valence electrons. The van der Waals surface area contributed by atoms with Crippen LogP contribution in [0, 0.1) is 29.1 Å². The highest BCUT2D eigenvalue weighted by Gasteiger charge is 2.29. The maximum absolute atomic E-state index is 9.01. The van der Waals surface area contributed by atoms with Crippen LogP contribution in [-0.4, -0.2) is 48.8 Å². The minimum atomic E-state index is -0.565. The standard InChI is InChI=1S/C18H34O4/c1-15(2)13-18(6,22-12-10-20)8-7-17(5,16(3)4)14-21-11-9-19/h15-16,19-20H,9-14H2,1-6H3. The quantitative estimate of drug-likeness (QED) is 0.480. The van der Waals surface area contributed by atoms with Gasteiger partial charge in [0.05, 0.1) is 38.4 Å². The summed E-state index contributed by atoms with van der Waals surface area (Å²) >= 11 is 0. The summed E-state index contributed by atoms with van der Waals surface area (Å²) in [6.07, 6.45) is 0.811. The van der Waals surface area contributed by atoms with Crippen molar-refractivity contribution in [1.29, 1.82) is 0 Å². The smallest absolute Gasteiger partial charge is 0.126 e. The van der Waals surface area contributed by atoms with Crippen LogP contribution in [-0.2, 0) is 9.47 Å². The second-order valence-electron chi connectivity index (χ2n) is 7.00. The van der Waals surface area contributed by atoms with Crippen LogP contribution in [0.3, 0.4) is 0 Å². The van der Waals surface area contributed by atoms with E-state index in [0.29, 0.717) is 25.0 Å². The van der Waals surface area contributed by atoms with Crippen molar-refractivity contribution in [3.8, 4) is 11.8 Å². The first-order chi connectivity index (χ1) is 10.2. The van der Waals surface area contributed by atoms with Crippen LogP contribution in [0.5, 0.6) is 0 Å². The van der Waals surface area contributed by atoms with Crippen molar-refractivity contribution in [2.45, 2.75) is 53.6 Å². The highest BCUT2D eigenvalue weighted by molar-refractivity contribution is 5.19. The van der Waals surface area contributed by atoms with Crippen molar-refractivity contribution in [2.75, 3.05) is 33.0 Å². The largest absolute Gasteiger partial charge is 0.394 e. The SMILES string of the molecule is CC(C)CC(C)(C#CC(C)(COCCO)C(C)C)OCCO. The number of hydrogen-bond acceptors (Lipinski definition) is 4. The lowest BCUT2D eigenvalue weighted by molar-refractivity contribution is -0.0186. The number of ether oxygens (including phenoxy) is 2. The fourth-order valence-electron chi connectivity index (χ4n) is 2.17. The van der Waals surface area contributed by atoms with Crippen LogP contribution < -0.4 is 0 Å². The predicted octanol–water partition coefficient (Wildman–Crippen LogP) is 2.47. The Morgan fingerprint density at radius 3 is 2.00 bits per heavy atom. The number of rotatable bonds is 10. The molecule has 0 saturated carbocycles. The Hall–Kier alpha value is -0.600. The van der Waals surface area contributed by atoms with E-state index in [0.717, 1.165) is 6.42 Å². The van der Waals surface area contributed by atoms with Crippen molar-refractivity contribution in [3.05, 3.63) is 0 Å². The fourth-order valence-corrected chi connectivity index (χ4v) is 2.17. The van der Waals surface area contributed by atoms with E-state index in [1.165, 1.54) is 0 Å². The molecular formula is C18H34O4. The summed E-state index contributed by atoms with van der Waals surface area (Å²) in [6.45, 7) is 13.7. The third-order valence-electron chi connectivity index (χ3n) is 3.83. The van der Waals surface area contributed by atoms with Gasteiger partial charge in [-0.2, -0.15) is 0 Å². The van der Waals surface area contributed by atoms with Crippen LogP contribution in [0.1, 0.15) is 48.0 Å². The van der Waals surface area contributed by atoms with E-state index in [1.54, 1.807) is 0 Å². The van der Waals surface area contributed by atoms with Gasteiger partial charge in [-0.05, 0) is 32.1 Å². The summed E-state index contributed by atoms with van der Waals surface area (Å²) in [6, 6.07) is 0. The Kier molecular flexibility index (Phi) is 9.95. The van der Waals surface area contributed by atoms with Gasteiger partial charge in [-0.15, -0.1) is 0 Å². The average Bonchev–Trinajstić information content (AvgIpc) is 2.42. The number of aliphatic hydroxyl groups is 2. The highest BCUT2D eigenvalue weighted by Crippen LogP contribution is 2.28. The van der Waals surface area contributed by atoms with E-state index < -0.39 is 5.60 Å². The Morgan fingerprint density at radius 2 is 1.55 bits per heavy atom. The summed E-state index contributed by atoms with van der Waals surface area (Å²) in [7, 11) is 0. The summed E-state index contributed by atoms with van der Waals surface area (Å²) < 4.78 is 11.3. The van der Waals surface area contributed by atoms with Gasteiger partial charge in [-0.25, -0.2) is 0 Å². The van der Waals surface area contributed by atoms with Crippen LogP contribution in [0.2, 0.25) is 0 Å². The normalized spacial score (nSPS) is 17.0. The van der Waals surface area contributed by atoms with Gasteiger partial charge in [-0.3, -0.25) is 0 Å². The summed E-state index contributed by atoms with van der Waals surface area (Å²) in [5, 5.41) is 17.9. The molecule has 0 fully saturated rings. The van der Waals surface area contributed by atoms with E-state index in [-0.39, 0.29) is 25.2 Å². The second-order valence-corrected chi connectivity index (χ2v) is 7.00. The van der Waals surface area contributed by atoms with Crippen molar-refractivity contribution >= 4 is 0 Å². The number of aliphatic hydroxyl groups excluding tert-OH is 2. The van der Waals surface area contributed by atoms with E-state index in [4.69, 9.17) is 19.7 Å². The van der Waals surface area contributed by atoms with Crippen molar-refractivity contribution < 1.29 is 19.7 Å². The lowest BCUT2D eigenvalue weighted by Crippen LogP contribution is -2.33. The van der Waals surface area contributed by atoms with Crippen molar-refractivity contribution in [3.63, 3.8) is 0 Å². The number of hydrogen-bond donors (Lipinski definition) is 2. The molecule has 2 atom stereocenters. The molecule has 0 rings (SSSR count). The monoisotopic (exact) mass is 314 g/mol. The fraction of sp³-hybridized carbons (Fsp3) is 0.889. The van der Waals surface area contributed by atoms with Gasteiger partial charge >= 0.3 is 0 Å². The maximum Gasteiger partial charge on any atom is 0.126 e. The summed E-state index contributed by atoms with van der Waals surface area (Å²) in [5.41, 5.74) is -0.861. The molecule has 0 bridgehead atoms.